The minimum atomic E-state index is -0.351. The first-order chi connectivity index (χ1) is 13.3. The molecule has 0 unspecified atom stereocenters. The Hall–Kier alpha value is -1.62. The van der Waals surface area contributed by atoms with Gasteiger partial charge in [0.25, 0.3) is 0 Å². The molecule has 1 heterocycles. The zero-order chi connectivity index (χ0) is 20.1. The number of ether oxygens (including phenoxy) is 2. The number of carbonyl (C=O) groups is 1. The van der Waals surface area contributed by atoms with Gasteiger partial charge in [0.05, 0.1) is 13.2 Å². The van der Waals surface area contributed by atoms with E-state index >= 15 is 0 Å². The molecule has 4 rings (SSSR count). The van der Waals surface area contributed by atoms with Gasteiger partial charge in [-0.05, 0) is 66.0 Å². The molecule has 0 radical (unpaired) electrons. The lowest BCUT2D eigenvalue weighted by Gasteiger charge is -2.53. The highest BCUT2D eigenvalue weighted by molar-refractivity contribution is 5.76. The van der Waals surface area contributed by atoms with Gasteiger partial charge < -0.3 is 14.8 Å². The smallest absolute Gasteiger partial charge is 0.220 e. The fourth-order valence-corrected chi connectivity index (χ4v) is 6.43. The third-order valence-corrected chi connectivity index (χ3v) is 7.79. The van der Waals surface area contributed by atoms with Crippen LogP contribution in [0.1, 0.15) is 64.5 Å². The highest BCUT2D eigenvalue weighted by atomic mass is 19.1. The van der Waals surface area contributed by atoms with Crippen LogP contribution in [0.4, 0.5) is 4.39 Å². The number of fused-ring (bicyclic) bond motifs is 1. The summed E-state index contributed by atoms with van der Waals surface area (Å²) in [6.45, 7) is 7.33. The lowest BCUT2D eigenvalue weighted by atomic mass is 9.59. The monoisotopic (exact) mass is 389 g/mol. The van der Waals surface area contributed by atoms with E-state index in [1.165, 1.54) is 13.2 Å². The van der Waals surface area contributed by atoms with E-state index in [1.54, 1.807) is 6.07 Å². The molecule has 1 aromatic carbocycles. The average Bonchev–Trinajstić information content (AvgIpc) is 3.15. The van der Waals surface area contributed by atoms with Gasteiger partial charge >= 0.3 is 0 Å². The molecule has 1 aliphatic heterocycles. The molecule has 0 aromatic heterocycles. The maximum Gasteiger partial charge on any atom is 0.220 e. The third kappa shape index (κ3) is 2.85. The molecule has 5 atom stereocenters. The Morgan fingerprint density at radius 2 is 2.18 bits per heavy atom. The van der Waals surface area contributed by atoms with Crippen molar-refractivity contribution in [2.75, 3.05) is 13.7 Å². The SMILES string of the molecule is CCCC(=O)N[C@@H]1C(C)(C)[C@@H]2C[C@@H]3[C@@H](c4ccc(F)c(OC)c4)OCC[C@@]31C2. The van der Waals surface area contributed by atoms with Gasteiger partial charge in [-0.15, -0.1) is 0 Å². The van der Waals surface area contributed by atoms with Crippen LogP contribution in [0.25, 0.3) is 0 Å². The van der Waals surface area contributed by atoms with Crippen LogP contribution in [-0.4, -0.2) is 25.7 Å². The minimum absolute atomic E-state index is 0.0576. The van der Waals surface area contributed by atoms with E-state index in [-0.39, 0.29) is 40.4 Å². The first kappa shape index (κ1) is 19.7. The average molecular weight is 390 g/mol. The normalized spacial score (nSPS) is 35.5. The van der Waals surface area contributed by atoms with Crippen LogP contribution in [0.3, 0.4) is 0 Å². The van der Waals surface area contributed by atoms with Crippen molar-refractivity contribution in [3.8, 4) is 5.75 Å². The van der Waals surface area contributed by atoms with Crippen LogP contribution < -0.4 is 10.1 Å². The number of benzene rings is 1. The second-order valence-electron chi connectivity index (χ2n) is 9.48. The Balaban J connectivity index is 1.67. The van der Waals surface area contributed by atoms with Crippen molar-refractivity contribution in [2.45, 2.75) is 65.0 Å². The fraction of sp³-hybridized carbons (Fsp3) is 0.696. The number of carbonyl (C=O) groups excluding carboxylic acids is 1. The van der Waals surface area contributed by atoms with E-state index in [4.69, 9.17) is 9.47 Å². The topological polar surface area (TPSA) is 47.6 Å². The zero-order valence-electron chi connectivity index (χ0n) is 17.4. The number of nitrogens with one attached hydrogen (secondary N) is 1. The van der Waals surface area contributed by atoms with E-state index in [1.807, 2.05) is 13.0 Å². The van der Waals surface area contributed by atoms with Crippen molar-refractivity contribution in [1.29, 1.82) is 0 Å². The van der Waals surface area contributed by atoms with Crippen LogP contribution in [0.5, 0.6) is 5.75 Å². The first-order valence-corrected chi connectivity index (χ1v) is 10.6. The number of methoxy groups -OCH3 is 1. The van der Waals surface area contributed by atoms with Gasteiger partial charge in [0, 0.05) is 19.1 Å². The molecule has 1 spiro atoms. The molecule has 3 fully saturated rings. The van der Waals surface area contributed by atoms with E-state index < -0.39 is 0 Å². The number of halogens is 1. The lowest BCUT2D eigenvalue weighted by molar-refractivity contribution is -0.137. The predicted molar refractivity (Wildman–Crippen MR) is 106 cm³/mol. The number of rotatable bonds is 5. The molecule has 4 nitrogen and oxygen atoms in total. The standard InChI is InChI=1S/C23H32FNO3/c1-5-6-19(26)25-21-22(2,3)15-12-16-20(28-10-9-23(16,21)13-15)14-7-8-17(24)18(11-14)27-4/h7-8,11,15-16,20-21H,5-6,9-10,12-13H2,1-4H3,(H,25,26)/t15-,16-,20-,21-,23-/m1/s1. The van der Waals surface area contributed by atoms with Crippen molar-refractivity contribution in [3.63, 3.8) is 0 Å². The predicted octanol–water partition coefficient (Wildman–Crippen LogP) is 4.63. The van der Waals surface area contributed by atoms with Crippen LogP contribution in [-0.2, 0) is 9.53 Å². The Morgan fingerprint density at radius 3 is 2.89 bits per heavy atom. The van der Waals surface area contributed by atoms with Crippen molar-refractivity contribution >= 4 is 5.91 Å². The molecule has 1 N–H and O–H groups in total. The lowest BCUT2D eigenvalue weighted by Crippen LogP contribution is -2.58. The Morgan fingerprint density at radius 1 is 1.39 bits per heavy atom. The minimum Gasteiger partial charge on any atom is -0.494 e. The molecule has 2 aliphatic carbocycles. The van der Waals surface area contributed by atoms with Crippen molar-refractivity contribution in [1.82, 2.24) is 5.32 Å². The zero-order valence-corrected chi connectivity index (χ0v) is 17.4. The number of amides is 1. The summed E-state index contributed by atoms with van der Waals surface area (Å²) in [5.41, 5.74) is 1.12. The van der Waals surface area contributed by atoms with Crippen LogP contribution in [0, 0.1) is 28.5 Å². The van der Waals surface area contributed by atoms with Crippen molar-refractivity contribution in [2.24, 2.45) is 22.7 Å². The highest BCUT2D eigenvalue weighted by Crippen LogP contribution is 2.70. The van der Waals surface area contributed by atoms with Gasteiger partial charge in [0.15, 0.2) is 11.6 Å². The van der Waals surface area contributed by atoms with E-state index in [0.29, 0.717) is 24.9 Å². The molecule has 2 bridgehead atoms. The largest absolute Gasteiger partial charge is 0.494 e. The summed E-state index contributed by atoms with van der Waals surface area (Å²) in [4.78, 5) is 12.5. The Bertz CT molecular complexity index is 764. The Kier molecular flexibility index (Phi) is 4.93. The quantitative estimate of drug-likeness (QED) is 0.798. The second kappa shape index (κ2) is 7.01. The summed E-state index contributed by atoms with van der Waals surface area (Å²) in [6.07, 6.45) is 4.57. The fourth-order valence-electron chi connectivity index (χ4n) is 6.43. The van der Waals surface area contributed by atoms with Crippen molar-refractivity contribution in [3.05, 3.63) is 29.6 Å². The molecular formula is C23H32FNO3. The van der Waals surface area contributed by atoms with E-state index in [9.17, 15) is 9.18 Å². The van der Waals surface area contributed by atoms with Gasteiger partial charge in [-0.3, -0.25) is 4.79 Å². The van der Waals surface area contributed by atoms with E-state index in [0.717, 1.165) is 31.2 Å². The number of hydrogen-bond acceptors (Lipinski definition) is 3. The van der Waals surface area contributed by atoms with Gasteiger partial charge in [0.1, 0.15) is 0 Å². The van der Waals surface area contributed by atoms with Gasteiger partial charge in [-0.25, -0.2) is 4.39 Å². The summed E-state index contributed by atoms with van der Waals surface area (Å²) < 4.78 is 25.4. The summed E-state index contributed by atoms with van der Waals surface area (Å²) in [5.74, 6) is 0.970. The third-order valence-electron chi connectivity index (χ3n) is 7.79. The summed E-state index contributed by atoms with van der Waals surface area (Å²) in [7, 11) is 1.49. The van der Waals surface area contributed by atoms with Crippen LogP contribution in [0.2, 0.25) is 0 Å². The maximum atomic E-state index is 13.9. The van der Waals surface area contributed by atoms with Gasteiger partial charge in [-0.2, -0.15) is 0 Å². The molecule has 28 heavy (non-hydrogen) atoms. The molecule has 1 aromatic rings. The Labute approximate surface area is 167 Å². The van der Waals surface area contributed by atoms with Gasteiger partial charge in [0.2, 0.25) is 5.91 Å². The van der Waals surface area contributed by atoms with Crippen LogP contribution >= 0.6 is 0 Å². The molecule has 3 aliphatic rings. The summed E-state index contributed by atoms with van der Waals surface area (Å²) >= 11 is 0. The molecule has 5 heteroatoms. The van der Waals surface area contributed by atoms with Gasteiger partial charge in [-0.1, -0.05) is 26.8 Å². The van der Waals surface area contributed by atoms with Crippen molar-refractivity contribution < 1.29 is 18.7 Å². The first-order valence-electron chi connectivity index (χ1n) is 10.6. The van der Waals surface area contributed by atoms with E-state index in [2.05, 4.69) is 19.2 Å². The second-order valence-corrected chi connectivity index (χ2v) is 9.48. The molecule has 154 valence electrons. The maximum absolute atomic E-state index is 13.9. The molecular weight excluding hydrogens is 357 g/mol. The number of hydrogen-bond donors (Lipinski definition) is 1. The summed E-state index contributed by atoms with van der Waals surface area (Å²) in [5, 5.41) is 3.42. The van der Waals surface area contributed by atoms with Crippen LogP contribution in [0.15, 0.2) is 18.2 Å². The molecule has 2 saturated carbocycles. The summed E-state index contributed by atoms with van der Waals surface area (Å²) in [6, 6.07) is 5.23. The molecule has 1 amide bonds. The molecule has 1 saturated heterocycles. The highest BCUT2D eigenvalue weighted by Gasteiger charge is 2.68.